The number of hydrogen-bond acceptors (Lipinski definition) is 3. The second kappa shape index (κ2) is 5.58. The Morgan fingerprint density at radius 2 is 2.38 bits per heavy atom. The van der Waals surface area contributed by atoms with Crippen LogP contribution in [-0.4, -0.2) is 49.3 Å². The van der Waals surface area contributed by atoms with Gasteiger partial charge in [0, 0.05) is 25.7 Å². The molecule has 2 N–H and O–H groups in total. The fraction of sp³-hybridized carbons (Fsp3) is 1.00. The molecule has 0 bridgehead atoms. The maximum absolute atomic E-state index is 8.97. The van der Waals surface area contributed by atoms with Gasteiger partial charge < -0.3 is 10.4 Å². The predicted octanol–water partition coefficient (Wildman–Crippen LogP) is 0.299. The largest absolute Gasteiger partial charge is 0.396 e. The van der Waals surface area contributed by atoms with Crippen LogP contribution >= 0.6 is 0 Å². The smallest absolute Gasteiger partial charge is 0.0468 e. The maximum atomic E-state index is 8.97. The van der Waals surface area contributed by atoms with E-state index in [0.29, 0.717) is 18.6 Å². The van der Waals surface area contributed by atoms with E-state index in [1.165, 1.54) is 19.4 Å². The molecule has 1 aliphatic rings. The van der Waals surface area contributed by atoms with Crippen molar-refractivity contribution < 1.29 is 5.11 Å². The third-order valence-electron chi connectivity index (χ3n) is 2.80. The highest BCUT2D eigenvalue weighted by Crippen LogP contribution is 2.17. The van der Waals surface area contributed by atoms with Crippen LogP contribution in [0.3, 0.4) is 0 Å². The fourth-order valence-corrected chi connectivity index (χ4v) is 2.06. The van der Waals surface area contributed by atoms with Gasteiger partial charge in [0.25, 0.3) is 0 Å². The minimum absolute atomic E-state index is 0.308. The molecule has 0 radical (unpaired) electrons. The molecule has 0 aromatic rings. The summed E-state index contributed by atoms with van der Waals surface area (Å²) in [4.78, 5) is 2.50. The number of rotatable bonds is 5. The lowest BCUT2D eigenvalue weighted by Crippen LogP contribution is -2.39. The molecule has 13 heavy (non-hydrogen) atoms. The van der Waals surface area contributed by atoms with Crippen LogP contribution in [0.4, 0.5) is 0 Å². The Bertz CT molecular complexity index is 141. The molecule has 0 aromatic heterocycles. The van der Waals surface area contributed by atoms with Gasteiger partial charge in [0.2, 0.25) is 0 Å². The molecular weight excluding hydrogens is 164 g/mol. The number of hydrogen-bond donors (Lipinski definition) is 2. The quantitative estimate of drug-likeness (QED) is 0.648. The van der Waals surface area contributed by atoms with Gasteiger partial charge in [0.1, 0.15) is 0 Å². The van der Waals surface area contributed by atoms with Crippen LogP contribution in [0, 0.1) is 5.92 Å². The van der Waals surface area contributed by atoms with Crippen molar-refractivity contribution in [3.63, 3.8) is 0 Å². The summed E-state index contributed by atoms with van der Waals surface area (Å²) < 4.78 is 0. The number of nitrogens with zero attached hydrogens (tertiary/aromatic N) is 1. The van der Waals surface area contributed by atoms with Crippen LogP contribution in [0.1, 0.15) is 19.8 Å². The van der Waals surface area contributed by atoms with Crippen molar-refractivity contribution in [3.05, 3.63) is 0 Å². The topological polar surface area (TPSA) is 35.5 Å². The van der Waals surface area contributed by atoms with E-state index in [2.05, 4.69) is 17.1 Å². The first kappa shape index (κ1) is 11.0. The molecule has 0 spiro atoms. The lowest BCUT2D eigenvalue weighted by atomic mass is 10.1. The zero-order chi connectivity index (χ0) is 9.68. The average Bonchev–Trinajstić information content (AvgIpc) is 2.54. The molecule has 1 aliphatic heterocycles. The SMILES string of the molecule is CNCC1CCCN1CC(C)CO. The summed E-state index contributed by atoms with van der Waals surface area (Å²) in [5, 5.41) is 12.2. The number of likely N-dealkylation sites (N-methyl/N-ethyl adjacent to an activating group) is 1. The summed E-state index contributed by atoms with van der Waals surface area (Å²) in [6.45, 7) is 5.75. The average molecular weight is 186 g/mol. The molecule has 0 amide bonds. The Hall–Kier alpha value is -0.120. The van der Waals surface area contributed by atoms with Gasteiger partial charge in [-0.2, -0.15) is 0 Å². The Morgan fingerprint density at radius 1 is 1.62 bits per heavy atom. The molecule has 0 saturated carbocycles. The Balaban J connectivity index is 2.30. The third-order valence-corrected chi connectivity index (χ3v) is 2.80. The molecular formula is C10H22N2O. The Kier molecular flexibility index (Phi) is 4.70. The summed E-state index contributed by atoms with van der Waals surface area (Å²) in [5.74, 6) is 0.414. The van der Waals surface area contributed by atoms with E-state index in [0.717, 1.165) is 13.1 Å². The van der Waals surface area contributed by atoms with Gasteiger partial charge in [0.15, 0.2) is 0 Å². The lowest BCUT2D eigenvalue weighted by Gasteiger charge is -2.26. The van der Waals surface area contributed by atoms with E-state index in [1.54, 1.807) is 0 Å². The molecule has 0 aromatic carbocycles. The van der Waals surface area contributed by atoms with Gasteiger partial charge in [-0.15, -0.1) is 0 Å². The van der Waals surface area contributed by atoms with Crippen molar-refractivity contribution in [2.45, 2.75) is 25.8 Å². The van der Waals surface area contributed by atoms with Crippen molar-refractivity contribution in [2.24, 2.45) is 5.92 Å². The highest BCUT2D eigenvalue weighted by molar-refractivity contribution is 4.81. The maximum Gasteiger partial charge on any atom is 0.0468 e. The van der Waals surface area contributed by atoms with Crippen LogP contribution in [0.25, 0.3) is 0 Å². The molecule has 78 valence electrons. The Labute approximate surface area is 81.1 Å². The van der Waals surface area contributed by atoms with Gasteiger partial charge in [0.05, 0.1) is 0 Å². The van der Waals surface area contributed by atoms with Crippen molar-refractivity contribution in [3.8, 4) is 0 Å². The van der Waals surface area contributed by atoms with E-state index in [9.17, 15) is 0 Å². The second-order valence-corrected chi connectivity index (χ2v) is 4.14. The summed E-state index contributed by atoms with van der Waals surface area (Å²) in [6, 6.07) is 0.694. The molecule has 3 nitrogen and oxygen atoms in total. The highest BCUT2D eigenvalue weighted by atomic mass is 16.3. The van der Waals surface area contributed by atoms with Gasteiger partial charge in [-0.25, -0.2) is 0 Å². The molecule has 1 fully saturated rings. The first-order valence-corrected chi connectivity index (χ1v) is 5.27. The summed E-state index contributed by atoms with van der Waals surface area (Å²) in [5.41, 5.74) is 0. The lowest BCUT2D eigenvalue weighted by molar-refractivity contribution is 0.164. The highest BCUT2D eigenvalue weighted by Gasteiger charge is 2.24. The normalized spacial score (nSPS) is 26.5. The first-order valence-electron chi connectivity index (χ1n) is 5.27. The molecule has 2 atom stereocenters. The number of likely N-dealkylation sites (tertiary alicyclic amines) is 1. The standard InChI is InChI=1S/C10H22N2O/c1-9(8-13)7-12-5-3-4-10(12)6-11-2/h9-11,13H,3-8H2,1-2H3. The number of nitrogens with one attached hydrogen (secondary N) is 1. The molecule has 1 heterocycles. The summed E-state index contributed by atoms with van der Waals surface area (Å²) >= 11 is 0. The van der Waals surface area contributed by atoms with Crippen molar-refractivity contribution in [1.29, 1.82) is 0 Å². The summed E-state index contributed by atoms with van der Waals surface area (Å²) in [6.07, 6.45) is 2.61. The number of aliphatic hydroxyl groups excluding tert-OH is 1. The minimum Gasteiger partial charge on any atom is -0.396 e. The fourth-order valence-electron chi connectivity index (χ4n) is 2.06. The van der Waals surface area contributed by atoms with Crippen LogP contribution in [0.5, 0.6) is 0 Å². The van der Waals surface area contributed by atoms with E-state index in [1.807, 2.05) is 7.05 Å². The van der Waals surface area contributed by atoms with Crippen molar-refractivity contribution >= 4 is 0 Å². The predicted molar refractivity (Wildman–Crippen MR) is 54.8 cm³/mol. The Morgan fingerprint density at radius 3 is 3.00 bits per heavy atom. The van der Waals surface area contributed by atoms with Crippen molar-refractivity contribution in [1.82, 2.24) is 10.2 Å². The van der Waals surface area contributed by atoms with E-state index >= 15 is 0 Å². The van der Waals surface area contributed by atoms with Gasteiger partial charge in [-0.1, -0.05) is 6.92 Å². The monoisotopic (exact) mass is 186 g/mol. The molecule has 0 aliphatic carbocycles. The van der Waals surface area contributed by atoms with Crippen LogP contribution < -0.4 is 5.32 Å². The zero-order valence-corrected chi connectivity index (χ0v) is 8.79. The number of aliphatic hydroxyl groups is 1. The first-order chi connectivity index (χ1) is 6.27. The zero-order valence-electron chi connectivity index (χ0n) is 8.79. The minimum atomic E-state index is 0.308. The van der Waals surface area contributed by atoms with E-state index < -0.39 is 0 Å². The van der Waals surface area contributed by atoms with Gasteiger partial charge in [-0.3, -0.25) is 4.90 Å². The molecule has 1 saturated heterocycles. The van der Waals surface area contributed by atoms with Crippen LogP contribution in [0.2, 0.25) is 0 Å². The van der Waals surface area contributed by atoms with E-state index in [-0.39, 0.29) is 0 Å². The van der Waals surface area contributed by atoms with E-state index in [4.69, 9.17) is 5.11 Å². The third kappa shape index (κ3) is 3.25. The molecule has 1 rings (SSSR count). The molecule has 2 unspecified atom stereocenters. The van der Waals surface area contributed by atoms with Crippen LogP contribution in [0.15, 0.2) is 0 Å². The van der Waals surface area contributed by atoms with Gasteiger partial charge >= 0.3 is 0 Å². The van der Waals surface area contributed by atoms with Crippen molar-refractivity contribution in [2.75, 3.05) is 33.3 Å². The van der Waals surface area contributed by atoms with Gasteiger partial charge in [-0.05, 0) is 32.4 Å². The molecule has 3 heteroatoms. The second-order valence-electron chi connectivity index (χ2n) is 4.14. The van der Waals surface area contributed by atoms with Crippen LogP contribution in [-0.2, 0) is 0 Å². The summed E-state index contributed by atoms with van der Waals surface area (Å²) in [7, 11) is 2.01.